The standard InChI is InChI=1S/C46H28N2/c1-2-12-30-27-44-41(26-29(30)11-1)37-18-6-8-22-43(37)47(45-28-32-13-3-7-21-42(32)48(44)45)33-15-9-14-31(25-33)34-23-24-40-36-17-5-4-16-35(36)39-20-10-19-38(34)46(39)40/h1-28H. The summed E-state index contributed by atoms with van der Waals surface area (Å²) in [6.07, 6.45) is 0. The van der Waals surface area contributed by atoms with Crippen LogP contribution in [0.2, 0.25) is 0 Å². The van der Waals surface area contributed by atoms with Crippen LogP contribution in [0.5, 0.6) is 0 Å². The van der Waals surface area contributed by atoms with Crippen molar-refractivity contribution >= 4 is 49.6 Å². The molecule has 2 aliphatic rings. The Morgan fingerprint density at radius 3 is 1.85 bits per heavy atom. The maximum Gasteiger partial charge on any atom is 0.123 e. The van der Waals surface area contributed by atoms with Gasteiger partial charge >= 0.3 is 0 Å². The van der Waals surface area contributed by atoms with Gasteiger partial charge in [0.15, 0.2) is 0 Å². The van der Waals surface area contributed by atoms with Crippen molar-refractivity contribution in [3.8, 4) is 50.2 Å². The van der Waals surface area contributed by atoms with Gasteiger partial charge in [-0.25, -0.2) is 0 Å². The zero-order chi connectivity index (χ0) is 31.3. The van der Waals surface area contributed by atoms with E-state index in [0.717, 1.165) is 11.5 Å². The van der Waals surface area contributed by atoms with Gasteiger partial charge in [0.25, 0.3) is 0 Å². The molecule has 9 aromatic rings. The van der Waals surface area contributed by atoms with Crippen molar-refractivity contribution in [3.05, 3.63) is 170 Å². The summed E-state index contributed by atoms with van der Waals surface area (Å²) in [7, 11) is 0. The summed E-state index contributed by atoms with van der Waals surface area (Å²) < 4.78 is 2.46. The Hall–Kier alpha value is -6.38. The van der Waals surface area contributed by atoms with Crippen molar-refractivity contribution in [2.24, 2.45) is 0 Å². The summed E-state index contributed by atoms with van der Waals surface area (Å²) in [5.74, 6) is 1.13. The van der Waals surface area contributed by atoms with Gasteiger partial charge in [-0.15, -0.1) is 0 Å². The van der Waals surface area contributed by atoms with Crippen LogP contribution >= 0.6 is 0 Å². The Labute approximate surface area is 278 Å². The maximum atomic E-state index is 2.46. The van der Waals surface area contributed by atoms with Crippen LogP contribution in [0.3, 0.4) is 0 Å². The molecule has 1 aromatic heterocycles. The molecule has 0 radical (unpaired) electrons. The smallest absolute Gasteiger partial charge is 0.123 e. The minimum absolute atomic E-state index is 1.13. The third-order valence-electron chi connectivity index (χ3n) is 10.4. The van der Waals surface area contributed by atoms with Crippen LogP contribution in [0.25, 0.3) is 82.6 Å². The van der Waals surface area contributed by atoms with Crippen molar-refractivity contribution < 1.29 is 0 Å². The van der Waals surface area contributed by atoms with Gasteiger partial charge in [-0.3, -0.25) is 9.47 Å². The highest BCUT2D eigenvalue weighted by Crippen LogP contribution is 2.52. The molecule has 0 bridgehead atoms. The monoisotopic (exact) mass is 608 g/mol. The Kier molecular flexibility index (Phi) is 5.14. The van der Waals surface area contributed by atoms with Crippen molar-refractivity contribution in [1.29, 1.82) is 0 Å². The number of nitrogens with zero attached hydrogens (tertiary/aromatic N) is 2. The first-order valence-corrected chi connectivity index (χ1v) is 16.6. The van der Waals surface area contributed by atoms with Crippen LogP contribution < -0.4 is 4.90 Å². The quantitative estimate of drug-likeness (QED) is 0.190. The molecular formula is C46H28N2. The highest BCUT2D eigenvalue weighted by molar-refractivity contribution is 6.18. The van der Waals surface area contributed by atoms with E-state index in [2.05, 4.69) is 179 Å². The van der Waals surface area contributed by atoms with Gasteiger partial charge in [-0.05, 0) is 97.4 Å². The molecule has 0 N–H and O–H groups in total. The molecule has 0 fully saturated rings. The molecule has 0 unspecified atom stereocenters. The minimum atomic E-state index is 1.13. The molecule has 0 saturated carbocycles. The van der Waals surface area contributed by atoms with Gasteiger partial charge in [0.05, 0.1) is 16.9 Å². The number of rotatable bonds is 2. The van der Waals surface area contributed by atoms with Crippen molar-refractivity contribution in [2.75, 3.05) is 4.90 Å². The number of benzene rings is 8. The fraction of sp³-hybridized carbons (Fsp3) is 0. The molecule has 8 aromatic carbocycles. The fourth-order valence-corrected chi connectivity index (χ4v) is 8.35. The van der Waals surface area contributed by atoms with E-state index in [0.29, 0.717) is 0 Å². The van der Waals surface area contributed by atoms with Crippen LogP contribution in [0, 0.1) is 0 Å². The summed E-state index contributed by atoms with van der Waals surface area (Å²) in [5.41, 5.74) is 14.9. The minimum Gasteiger partial charge on any atom is -0.295 e. The molecule has 2 heterocycles. The molecular weight excluding hydrogens is 581 g/mol. The highest BCUT2D eigenvalue weighted by atomic mass is 15.3. The topological polar surface area (TPSA) is 8.17 Å². The number of hydrogen-bond donors (Lipinski definition) is 0. The number of aromatic nitrogens is 1. The second-order valence-electron chi connectivity index (χ2n) is 13.0. The molecule has 48 heavy (non-hydrogen) atoms. The lowest BCUT2D eigenvalue weighted by atomic mass is 9.94. The number of anilines is 3. The molecule has 0 spiro atoms. The van der Waals surface area contributed by atoms with Gasteiger partial charge < -0.3 is 0 Å². The van der Waals surface area contributed by atoms with Crippen LogP contribution in [0.15, 0.2) is 170 Å². The van der Waals surface area contributed by atoms with E-state index in [1.165, 1.54) is 88.3 Å². The first kappa shape index (κ1) is 25.8. The van der Waals surface area contributed by atoms with Gasteiger partial charge in [-0.1, -0.05) is 127 Å². The molecule has 0 atom stereocenters. The Morgan fingerprint density at radius 2 is 1.00 bits per heavy atom. The van der Waals surface area contributed by atoms with Crippen LogP contribution in [-0.4, -0.2) is 4.57 Å². The van der Waals surface area contributed by atoms with Gasteiger partial charge in [0.2, 0.25) is 0 Å². The van der Waals surface area contributed by atoms with E-state index >= 15 is 0 Å². The lowest BCUT2D eigenvalue weighted by Gasteiger charge is -2.26. The molecule has 1 aliphatic heterocycles. The maximum absolute atomic E-state index is 2.46. The number of fused-ring (bicyclic) bond motifs is 11. The normalized spacial score (nSPS) is 12.5. The van der Waals surface area contributed by atoms with E-state index < -0.39 is 0 Å². The summed E-state index contributed by atoms with van der Waals surface area (Å²) >= 11 is 0. The summed E-state index contributed by atoms with van der Waals surface area (Å²) in [4.78, 5) is 2.46. The van der Waals surface area contributed by atoms with Gasteiger partial charge in [-0.2, -0.15) is 0 Å². The Morgan fingerprint density at radius 1 is 0.354 bits per heavy atom. The van der Waals surface area contributed by atoms with Gasteiger partial charge in [0, 0.05) is 22.2 Å². The first-order valence-electron chi connectivity index (χ1n) is 16.6. The lowest BCUT2D eigenvalue weighted by molar-refractivity contribution is 1.09. The third kappa shape index (κ3) is 3.46. The van der Waals surface area contributed by atoms with Crippen LogP contribution in [0.1, 0.15) is 0 Å². The molecule has 2 heteroatoms. The molecule has 222 valence electrons. The van der Waals surface area contributed by atoms with Gasteiger partial charge in [0.1, 0.15) is 5.82 Å². The van der Waals surface area contributed by atoms with E-state index in [4.69, 9.17) is 0 Å². The highest BCUT2D eigenvalue weighted by Gasteiger charge is 2.29. The van der Waals surface area contributed by atoms with Crippen molar-refractivity contribution in [3.63, 3.8) is 0 Å². The largest absolute Gasteiger partial charge is 0.295 e. The van der Waals surface area contributed by atoms with E-state index in [9.17, 15) is 0 Å². The second kappa shape index (κ2) is 9.57. The second-order valence-corrected chi connectivity index (χ2v) is 13.0. The van der Waals surface area contributed by atoms with Crippen molar-refractivity contribution in [1.82, 2.24) is 4.57 Å². The summed E-state index contributed by atoms with van der Waals surface area (Å²) in [6, 6.07) is 62.7. The molecule has 11 rings (SSSR count). The van der Waals surface area contributed by atoms with E-state index in [1.807, 2.05) is 0 Å². The third-order valence-corrected chi connectivity index (χ3v) is 10.4. The Bertz CT molecular complexity index is 2770. The first-order chi connectivity index (χ1) is 23.8. The SMILES string of the molecule is c1cc(-c2ccc3c4c(cccc24)-c2ccccc2-3)cc(N2c3ccccc3-c3cc4ccccc4cc3-n3c2cc2ccccc23)c1. The molecule has 2 nitrogen and oxygen atoms in total. The Balaban J connectivity index is 1.18. The predicted octanol–water partition coefficient (Wildman–Crippen LogP) is 12.7. The predicted molar refractivity (Wildman–Crippen MR) is 202 cm³/mol. The summed E-state index contributed by atoms with van der Waals surface area (Å²) in [5, 5.41) is 6.35. The van der Waals surface area contributed by atoms with Crippen molar-refractivity contribution in [2.45, 2.75) is 0 Å². The lowest BCUT2D eigenvalue weighted by Crippen LogP contribution is -2.13. The molecule has 0 amide bonds. The molecule has 0 saturated heterocycles. The fourth-order valence-electron chi connectivity index (χ4n) is 8.35. The van der Waals surface area contributed by atoms with Crippen LogP contribution in [0.4, 0.5) is 17.2 Å². The number of hydrogen-bond acceptors (Lipinski definition) is 1. The van der Waals surface area contributed by atoms with E-state index in [-0.39, 0.29) is 0 Å². The number of para-hydroxylation sites is 2. The zero-order valence-electron chi connectivity index (χ0n) is 26.1. The summed E-state index contributed by atoms with van der Waals surface area (Å²) in [6.45, 7) is 0. The zero-order valence-corrected chi connectivity index (χ0v) is 26.1. The van der Waals surface area contributed by atoms with Crippen LogP contribution in [-0.2, 0) is 0 Å². The average Bonchev–Trinajstić information content (AvgIpc) is 3.65. The van der Waals surface area contributed by atoms with E-state index in [1.54, 1.807) is 0 Å². The molecule has 1 aliphatic carbocycles. The average molecular weight is 609 g/mol.